The number of hydrogen-bond donors (Lipinski definition) is 1. The number of likely N-dealkylation sites (tertiary alicyclic amines) is 1. The molecule has 5 nitrogen and oxygen atoms in total. The van der Waals surface area contributed by atoms with Gasteiger partial charge in [0.15, 0.2) is 0 Å². The molecule has 1 amide bonds. The topological polar surface area (TPSA) is 54.5 Å². The van der Waals surface area contributed by atoms with E-state index in [4.69, 9.17) is 4.74 Å². The van der Waals surface area contributed by atoms with Gasteiger partial charge in [-0.2, -0.15) is 0 Å². The molecule has 0 radical (unpaired) electrons. The van der Waals surface area contributed by atoms with Crippen LogP contribution in [-0.4, -0.2) is 40.5 Å². The third-order valence-corrected chi connectivity index (χ3v) is 5.64. The molecule has 144 valence electrons. The van der Waals surface area contributed by atoms with Crippen LogP contribution in [0.5, 0.6) is 5.75 Å². The van der Waals surface area contributed by atoms with Crippen LogP contribution in [0.1, 0.15) is 52.4 Å². The van der Waals surface area contributed by atoms with Crippen molar-refractivity contribution in [2.24, 2.45) is 0 Å². The second-order valence-corrected chi connectivity index (χ2v) is 8.06. The highest BCUT2D eigenvalue weighted by atomic mass is 16.5. The highest BCUT2D eigenvalue weighted by molar-refractivity contribution is 5.92. The summed E-state index contributed by atoms with van der Waals surface area (Å²) in [5.74, 6) is 1.19. The van der Waals surface area contributed by atoms with Gasteiger partial charge in [-0.05, 0) is 64.2 Å². The monoisotopic (exact) mass is 367 g/mol. The van der Waals surface area contributed by atoms with Crippen LogP contribution in [0, 0.1) is 0 Å². The smallest absolute Gasteiger partial charge is 0.222 e. The molecule has 2 fully saturated rings. The van der Waals surface area contributed by atoms with Gasteiger partial charge in [-0.25, -0.2) is 0 Å². The van der Waals surface area contributed by atoms with Gasteiger partial charge in [-0.3, -0.25) is 9.78 Å². The number of fused-ring (bicyclic) bond motifs is 1. The zero-order chi connectivity index (χ0) is 18.8. The summed E-state index contributed by atoms with van der Waals surface area (Å²) >= 11 is 0. The van der Waals surface area contributed by atoms with Gasteiger partial charge in [0.2, 0.25) is 5.91 Å². The van der Waals surface area contributed by atoms with Gasteiger partial charge < -0.3 is 15.0 Å². The normalized spacial score (nSPS) is 23.2. The van der Waals surface area contributed by atoms with Crippen LogP contribution in [0.3, 0.4) is 0 Å². The minimum atomic E-state index is 0.149. The Bertz CT molecular complexity index is 820. The van der Waals surface area contributed by atoms with Gasteiger partial charge in [-0.1, -0.05) is 0 Å². The zero-order valence-corrected chi connectivity index (χ0v) is 16.3. The number of carbonyl (C=O) groups excluding carboxylic acids is 1. The summed E-state index contributed by atoms with van der Waals surface area (Å²) in [6, 6.07) is 8.96. The highest BCUT2D eigenvalue weighted by Gasteiger charge is 2.32. The first-order chi connectivity index (χ1) is 13.1. The van der Waals surface area contributed by atoms with E-state index in [2.05, 4.69) is 27.3 Å². The first-order valence-corrected chi connectivity index (χ1v) is 10.2. The standard InChI is InChI=1S/C22H29N3O2/c1-15(2)27-18-8-9-19-20(10-11-23-21(19)14-18)24-16-5-3-6-17(13-16)25-12-4-7-22(25)26/h8-11,14-17H,3-7,12-13H2,1-2H3,(H,23,24). The predicted octanol–water partition coefficient (Wildman–Crippen LogP) is 4.37. The Morgan fingerprint density at radius 2 is 2.11 bits per heavy atom. The molecule has 1 aliphatic heterocycles. The molecular formula is C22H29N3O2. The van der Waals surface area contributed by atoms with Gasteiger partial charge >= 0.3 is 0 Å². The summed E-state index contributed by atoms with van der Waals surface area (Å²) < 4.78 is 5.80. The fourth-order valence-electron chi connectivity index (χ4n) is 4.45. The van der Waals surface area contributed by atoms with Crippen molar-refractivity contribution in [1.82, 2.24) is 9.88 Å². The van der Waals surface area contributed by atoms with Crippen LogP contribution in [0.15, 0.2) is 30.5 Å². The molecular weight excluding hydrogens is 338 g/mol. The molecule has 4 rings (SSSR count). The van der Waals surface area contributed by atoms with Crippen molar-refractivity contribution in [3.05, 3.63) is 30.5 Å². The Labute approximate surface area is 161 Å². The van der Waals surface area contributed by atoms with Gasteiger partial charge in [0.1, 0.15) is 5.75 Å². The molecule has 2 heterocycles. The zero-order valence-electron chi connectivity index (χ0n) is 16.3. The third kappa shape index (κ3) is 4.02. The summed E-state index contributed by atoms with van der Waals surface area (Å²) in [6.07, 6.45) is 8.23. The SMILES string of the molecule is CC(C)Oc1ccc2c(NC3CCCC(N4CCCC4=O)C3)ccnc2c1. The molecule has 0 spiro atoms. The van der Waals surface area contributed by atoms with E-state index in [-0.39, 0.29) is 6.10 Å². The average molecular weight is 367 g/mol. The first-order valence-electron chi connectivity index (χ1n) is 10.2. The van der Waals surface area contributed by atoms with Crippen LogP contribution in [0.4, 0.5) is 5.69 Å². The number of nitrogens with zero attached hydrogens (tertiary/aromatic N) is 2. The van der Waals surface area contributed by atoms with E-state index < -0.39 is 0 Å². The number of benzene rings is 1. The molecule has 1 aliphatic carbocycles. The quantitative estimate of drug-likeness (QED) is 0.853. The molecule has 2 aromatic rings. The number of carbonyl (C=O) groups is 1. The molecule has 2 unspecified atom stereocenters. The maximum absolute atomic E-state index is 12.1. The summed E-state index contributed by atoms with van der Waals surface area (Å²) in [5, 5.41) is 4.85. The number of anilines is 1. The maximum Gasteiger partial charge on any atom is 0.222 e. The molecule has 1 aromatic carbocycles. The van der Waals surface area contributed by atoms with Crippen molar-refractivity contribution in [3.63, 3.8) is 0 Å². The number of aromatic nitrogens is 1. The number of nitrogens with one attached hydrogen (secondary N) is 1. The van der Waals surface area contributed by atoms with Crippen molar-refractivity contribution < 1.29 is 9.53 Å². The van der Waals surface area contributed by atoms with E-state index in [9.17, 15) is 4.79 Å². The summed E-state index contributed by atoms with van der Waals surface area (Å²) in [5.41, 5.74) is 2.06. The number of rotatable bonds is 5. The second-order valence-electron chi connectivity index (χ2n) is 8.06. The fraction of sp³-hybridized carbons (Fsp3) is 0.545. The lowest BCUT2D eigenvalue weighted by Gasteiger charge is -2.36. The van der Waals surface area contributed by atoms with Gasteiger partial charge in [0.05, 0.1) is 11.6 Å². The fourth-order valence-corrected chi connectivity index (χ4v) is 4.45. The lowest BCUT2D eigenvalue weighted by Crippen LogP contribution is -2.42. The summed E-state index contributed by atoms with van der Waals surface area (Å²) in [6.45, 7) is 4.99. The molecule has 2 aliphatic rings. The predicted molar refractivity (Wildman–Crippen MR) is 108 cm³/mol. The van der Waals surface area contributed by atoms with E-state index in [1.807, 2.05) is 32.2 Å². The number of amides is 1. The van der Waals surface area contributed by atoms with Crippen molar-refractivity contribution in [2.45, 2.75) is 70.6 Å². The highest BCUT2D eigenvalue weighted by Crippen LogP contribution is 2.31. The second kappa shape index (κ2) is 7.75. The molecule has 5 heteroatoms. The number of hydrogen-bond acceptors (Lipinski definition) is 4. The molecule has 0 bridgehead atoms. The average Bonchev–Trinajstić information content (AvgIpc) is 3.07. The Balaban J connectivity index is 1.50. The summed E-state index contributed by atoms with van der Waals surface area (Å²) in [4.78, 5) is 18.7. The van der Waals surface area contributed by atoms with Gasteiger partial charge in [0, 0.05) is 48.4 Å². The van der Waals surface area contributed by atoms with E-state index in [1.165, 1.54) is 6.42 Å². The molecule has 2 atom stereocenters. The molecule has 1 saturated carbocycles. The van der Waals surface area contributed by atoms with Gasteiger partial charge in [0.25, 0.3) is 0 Å². The maximum atomic E-state index is 12.1. The minimum absolute atomic E-state index is 0.149. The van der Waals surface area contributed by atoms with Crippen LogP contribution in [-0.2, 0) is 4.79 Å². The van der Waals surface area contributed by atoms with Crippen LogP contribution in [0.25, 0.3) is 10.9 Å². The van der Waals surface area contributed by atoms with E-state index in [1.54, 1.807) is 0 Å². The van der Waals surface area contributed by atoms with Crippen molar-refractivity contribution in [2.75, 3.05) is 11.9 Å². The largest absolute Gasteiger partial charge is 0.491 e. The van der Waals surface area contributed by atoms with Gasteiger partial charge in [-0.15, -0.1) is 0 Å². The van der Waals surface area contributed by atoms with Crippen LogP contribution in [0.2, 0.25) is 0 Å². The minimum Gasteiger partial charge on any atom is -0.491 e. The van der Waals surface area contributed by atoms with Crippen molar-refractivity contribution >= 4 is 22.5 Å². The molecule has 27 heavy (non-hydrogen) atoms. The number of ether oxygens (including phenoxy) is 1. The van der Waals surface area contributed by atoms with Crippen LogP contribution >= 0.6 is 0 Å². The first kappa shape index (κ1) is 18.1. The molecule has 1 aromatic heterocycles. The number of pyridine rings is 1. The molecule has 1 N–H and O–H groups in total. The lowest BCUT2D eigenvalue weighted by atomic mass is 9.89. The van der Waals surface area contributed by atoms with E-state index in [0.717, 1.165) is 61.0 Å². The molecule has 1 saturated heterocycles. The Morgan fingerprint density at radius 1 is 1.22 bits per heavy atom. The Kier molecular flexibility index (Phi) is 5.19. The van der Waals surface area contributed by atoms with E-state index in [0.29, 0.717) is 18.0 Å². The van der Waals surface area contributed by atoms with Crippen molar-refractivity contribution in [3.8, 4) is 5.75 Å². The lowest BCUT2D eigenvalue weighted by molar-refractivity contribution is -0.130. The summed E-state index contributed by atoms with van der Waals surface area (Å²) in [7, 11) is 0. The third-order valence-electron chi connectivity index (χ3n) is 5.64. The Morgan fingerprint density at radius 3 is 2.89 bits per heavy atom. The van der Waals surface area contributed by atoms with Crippen LogP contribution < -0.4 is 10.1 Å². The van der Waals surface area contributed by atoms with E-state index >= 15 is 0 Å². The Hall–Kier alpha value is -2.30. The van der Waals surface area contributed by atoms with Crippen molar-refractivity contribution in [1.29, 1.82) is 0 Å².